The lowest BCUT2D eigenvalue weighted by Gasteiger charge is -2.37. The Bertz CT molecular complexity index is 2640. The Labute approximate surface area is 455 Å². The molecule has 2 saturated heterocycles. The number of carbonyl (C=O) groups excluding carboxylic acids is 6. The standard InChI is InChI=1S/C62H83N7O8/c1-41(2)57(72)64-55(45-21-13-7-14-22-45)61(76)68-39-53(70)35-51(68)37-66(31-29-43-17-9-5-10-18-43)59(74)49-27-25-48-34-50(28-26-47(48)33-49)60(75)67(32-30-44-19-11-6-12-20-44)38-52-36-54(71)40-69(52)62(77)56(46-23-15-8-16-24-46)65-58(73)42(3)63-4/h5-6,9-12,17-20,25-28,33-34,41-42,45-46,51-56,63,70-71H,7-8,13-16,21-24,29-32,35-40H2,1-4H3,(H,64,72)(H,65,73)/t42-,51-,52-,53+,54+,55-,56-/m0/s1. The number of β-amino-alcohol motifs (C(OH)–C–C–N with tert-alkyl or cyclic N) is 2. The Balaban J connectivity index is 1.03. The van der Waals surface area contributed by atoms with Gasteiger partial charge in [0, 0.05) is 56.3 Å². The number of likely N-dealkylation sites (N-methyl/N-ethyl adjacent to an activating group) is 1. The highest BCUT2D eigenvalue weighted by molar-refractivity contribution is 6.02. The van der Waals surface area contributed by atoms with E-state index in [0.717, 1.165) is 86.1 Å². The van der Waals surface area contributed by atoms with Crippen LogP contribution >= 0.6 is 0 Å². The average Bonchev–Trinajstić information content (AvgIpc) is 4.05. The number of fused-ring (bicyclic) bond motifs is 1. The van der Waals surface area contributed by atoms with Gasteiger partial charge in [0.25, 0.3) is 11.8 Å². The number of hydrogen-bond acceptors (Lipinski definition) is 9. The summed E-state index contributed by atoms with van der Waals surface area (Å²) in [6.07, 6.45) is 9.65. The first-order chi connectivity index (χ1) is 37.2. The Morgan fingerprint density at radius 1 is 0.558 bits per heavy atom. The number of aliphatic hydroxyl groups is 2. The first kappa shape index (κ1) is 57.0. The maximum absolute atomic E-state index is 14.9. The zero-order valence-corrected chi connectivity index (χ0v) is 45.8. The molecule has 4 aliphatic rings. The van der Waals surface area contributed by atoms with Gasteiger partial charge in [-0.05, 0) is 123 Å². The lowest BCUT2D eigenvalue weighted by Crippen LogP contribution is -2.57. The highest BCUT2D eigenvalue weighted by Crippen LogP contribution is 2.32. The van der Waals surface area contributed by atoms with Crippen LogP contribution in [0.5, 0.6) is 0 Å². The molecule has 15 heteroatoms. The van der Waals surface area contributed by atoms with Gasteiger partial charge in [0.05, 0.1) is 30.3 Å². The fourth-order valence-electron chi connectivity index (χ4n) is 12.2. The van der Waals surface area contributed by atoms with E-state index in [0.29, 0.717) is 49.9 Å². The van der Waals surface area contributed by atoms with Crippen molar-refractivity contribution in [3.63, 3.8) is 0 Å². The van der Waals surface area contributed by atoms with Gasteiger partial charge >= 0.3 is 0 Å². The van der Waals surface area contributed by atoms with E-state index in [1.54, 1.807) is 45.7 Å². The van der Waals surface area contributed by atoms with Crippen LogP contribution in [0, 0.1) is 17.8 Å². The van der Waals surface area contributed by atoms with Crippen molar-refractivity contribution in [1.82, 2.24) is 35.6 Å². The van der Waals surface area contributed by atoms with Crippen molar-refractivity contribution in [2.24, 2.45) is 17.8 Å². The summed E-state index contributed by atoms with van der Waals surface area (Å²) in [4.78, 5) is 92.5. The molecular formula is C62H83N7O8. The SMILES string of the molecule is CN[C@@H](C)C(=O)N[C@H](C(=O)N1C[C@H](O)C[C@H]1CN(CCc1ccccc1)C(=O)c1ccc2cc(C(=O)N(CCc3ccccc3)C[C@@H]3C[C@@H](O)CN3C(=O)[C@@H](NC(=O)C(C)C)C3CCCCC3)ccc2c1)C1CCCCC1. The molecule has 2 heterocycles. The highest BCUT2D eigenvalue weighted by Gasteiger charge is 2.44. The summed E-state index contributed by atoms with van der Waals surface area (Å²) in [6.45, 7) is 6.75. The normalized spacial score (nSPS) is 21.4. The van der Waals surface area contributed by atoms with E-state index in [9.17, 15) is 39.0 Å². The third-order valence-electron chi connectivity index (χ3n) is 16.9. The number of benzene rings is 4. The molecule has 0 unspecified atom stereocenters. The van der Waals surface area contributed by atoms with E-state index < -0.39 is 42.4 Å². The largest absolute Gasteiger partial charge is 0.391 e. The summed E-state index contributed by atoms with van der Waals surface area (Å²) >= 11 is 0. The minimum absolute atomic E-state index is 0.000703. The second kappa shape index (κ2) is 26.9. The van der Waals surface area contributed by atoms with Gasteiger partial charge in [-0.2, -0.15) is 0 Å². The molecule has 0 radical (unpaired) electrons. The molecule has 0 bridgehead atoms. The van der Waals surface area contributed by atoms with Crippen LogP contribution in [0.2, 0.25) is 0 Å². The Morgan fingerprint density at radius 2 is 0.961 bits per heavy atom. The molecule has 15 nitrogen and oxygen atoms in total. The molecule has 6 amide bonds. The average molecular weight is 1050 g/mol. The predicted molar refractivity (Wildman–Crippen MR) is 299 cm³/mol. The summed E-state index contributed by atoms with van der Waals surface area (Å²) in [6, 6.07) is 27.9. The molecule has 4 aromatic carbocycles. The van der Waals surface area contributed by atoms with Crippen LogP contribution in [0.15, 0.2) is 97.1 Å². The number of rotatable bonds is 21. The summed E-state index contributed by atoms with van der Waals surface area (Å²) in [5.74, 6) is -1.62. The summed E-state index contributed by atoms with van der Waals surface area (Å²) in [7, 11) is 1.71. The first-order valence-electron chi connectivity index (χ1n) is 28.6. The van der Waals surface area contributed by atoms with Crippen molar-refractivity contribution in [2.45, 2.75) is 153 Å². The van der Waals surface area contributed by atoms with Crippen LogP contribution in [0.25, 0.3) is 10.8 Å². The quantitative estimate of drug-likeness (QED) is 0.0618. The fourth-order valence-corrected chi connectivity index (χ4v) is 12.2. The third kappa shape index (κ3) is 14.7. The molecule has 7 atom stereocenters. The Morgan fingerprint density at radius 3 is 1.35 bits per heavy atom. The van der Waals surface area contributed by atoms with E-state index in [2.05, 4.69) is 16.0 Å². The van der Waals surface area contributed by atoms with Gasteiger partial charge in [-0.3, -0.25) is 28.8 Å². The van der Waals surface area contributed by atoms with Crippen LogP contribution in [-0.4, -0.2) is 154 Å². The molecule has 0 spiro atoms. The number of nitrogens with one attached hydrogen (secondary N) is 3. The monoisotopic (exact) mass is 1050 g/mol. The molecule has 0 aromatic heterocycles. The van der Waals surface area contributed by atoms with Crippen LogP contribution in [0.4, 0.5) is 0 Å². The van der Waals surface area contributed by atoms with Gasteiger partial charge in [-0.15, -0.1) is 0 Å². The minimum atomic E-state index is -0.783. The first-order valence-corrected chi connectivity index (χ1v) is 28.6. The third-order valence-corrected chi connectivity index (χ3v) is 16.9. The molecule has 5 N–H and O–H groups in total. The minimum Gasteiger partial charge on any atom is -0.391 e. The second-order valence-corrected chi connectivity index (χ2v) is 22.8. The zero-order valence-electron chi connectivity index (χ0n) is 45.8. The zero-order chi connectivity index (χ0) is 54.6. The van der Waals surface area contributed by atoms with E-state index in [4.69, 9.17) is 0 Å². The summed E-state index contributed by atoms with van der Waals surface area (Å²) in [5, 5.41) is 32.9. The van der Waals surface area contributed by atoms with Gasteiger partial charge in [-0.1, -0.05) is 125 Å². The van der Waals surface area contributed by atoms with E-state index >= 15 is 0 Å². The highest BCUT2D eigenvalue weighted by atomic mass is 16.3. The number of nitrogens with zero attached hydrogens (tertiary/aromatic N) is 4. The molecule has 2 aliphatic carbocycles. The molecule has 4 fully saturated rings. The number of hydrogen-bond donors (Lipinski definition) is 5. The van der Waals surface area contributed by atoms with Gasteiger partial charge < -0.3 is 45.8 Å². The van der Waals surface area contributed by atoms with Crippen molar-refractivity contribution >= 4 is 46.2 Å². The van der Waals surface area contributed by atoms with E-state index in [1.807, 2.05) is 98.8 Å². The maximum atomic E-state index is 14.9. The Kier molecular flexibility index (Phi) is 20.0. The van der Waals surface area contributed by atoms with Gasteiger partial charge in [0.1, 0.15) is 12.1 Å². The Hall–Kier alpha value is -6.16. The van der Waals surface area contributed by atoms with E-state index in [-0.39, 0.29) is 79.4 Å². The molecule has 77 heavy (non-hydrogen) atoms. The van der Waals surface area contributed by atoms with Crippen molar-refractivity contribution in [1.29, 1.82) is 0 Å². The molecule has 4 aromatic rings. The lowest BCUT2D eigenvalue weighted by atomic mass is 9.83. The van der Waals surface area contributed by atoms with E-state index in [1.165, 1.54) is 0 Å². The predicted octanol–water partition coefficient (Wildman–Crippen LogP) is 6.53. The number of likely N-dealkylation sites (tertiary alicyclic amines) is 2. The fraction of sp³-hybridized carbons (Fsp3) is 0.548. The van der Waals surface area contributed by atoms with Crippen LogP contribution in [0.3, 0.4) is 0 Å². The van der Waals surface area contributed by atoms with Gasteiger partial charge in [-0.25, -0.2) is 0 Å². The van der Waals surface area contributed by atoms with Crippen LogP contribution in [-0.2, 0) is 32.0 Å². The maximum Gasteiger partial charge on any atom is 0.253 e. The molecule has 414 valence electrons. The van der Waals surface area contributed by atoms with Gasteiger partial charge in [0.2, 0.25) is 23.6 Å². The number of amides is 6. The smallest absolute Gasteiger partial charge is 0.253 e. The van der Waals surface area contributed by atoms with Gasteiger partial charge in [0.15, 0.2) is 0 Å². The summed E-state index contributed by atoms with van der Waals surface area (Å²) in [5.41, 5.74) is 3.00. The number of carbonyl (C=O) groups is 6. The molecule has 8 rings (SSSR count). The molecule has 2 aliphatic heterocycles. The van der Waals surface area contributed by atoms with Crippen molar-refractivity contribution in [2.75, 3.05) is 46.3 Å². The van der Waals surface area contributed by atoms with Crippen molar-refractivity contribution in [3.05, 3.63) is 119 Å². The van der Waals surface area contributed by atoms with Crippen LogP contribution in [0.1, 0.15) is 130 Å². The topological polar surface area (TPSA) is 192 Å². The number of aliphatic hydroxyl groups excluding tert-OH is 2. The molecule has 2 saturated carbocycles. The van der Waals surface area contributed by atoms with Crippen molar-refractivity contribution < 1.29 is 39.0 Å². The second-order valence-electron chi connectivity index (χ2n) is 22.8. The van der Waals surface area contributed by atoms with Crippen LogP contribution < -0.4 is 16.0 Å². The molecular weight excluding hydrogens is 971 g/mol. The lowest BCUT2D eigenvalue weighted by molar-refractivity contribution is -0.140. The van der Waals surface area contributed by atoms with Crippen molar-refractivity contribution in [3.8, 4) is 0 Å². The summed E-state index contributed by atoms with van der Waals surface area (Å²) < 4.78 is 0.